The number of aliphatic hydroxyl groups excluding tert-OH is 3. The summed E-state index contributed by atoms with van der Waals surface area (Å²) in [6, 6.07) is 2.67. The van der Waals surface area contributed by atoms with Gasteiger partial charge < -0.3 is 50.0 Å². The quantitative estimate of drug-likeness (QED) is 0.0319. The van der Waals surface area contributed by atoms with Crippen LogP contribution in [0.3, 0.4) is 0 Å². The van der Waals surface area contributed by atoms with E-state index < -0.39 is 94.2 Å². The smallest absolute Gasteiger partial charge is 0.309 e. The normalized spacial score (nSPS) is 22.3. The molecular weight excluding hydrogens is 706 g/mol. The number of aliphatic hydroxyl groups is 3. The van der Waals surface area contributed by atoms with Crippen LogP contribution < -0.4 is 20.1 Å². The van der Waals surface area contributed by atoms with Crippen LogP contribution in [0.1, 0.15) is 25.3 Å². The third-order valence-electron chi connectivity index (χ3n) is 7.58. The lowest BCUT2D eigenvalue weighted by Crippen LogP contribution is -2.57. The molecule has 1 aliphatic heterocycles. The van der Waals surface area contributed by atoms with Crippen molar-refractivity contribution >= 4 is 45.7 Å². The molecule has 1 aromatic carbocycles. The predicted molar refractivity (Wildman–Crippen MR) is 168 cm³/mol. The summed E-state index contributed by atoms with van der Waals surface area (Å²) >= 11 is 0. The summed E-state index contributed by atoms with van der Waals surface area (Å²) in [6.45, 7) is 0.305. The Hall–Kier alpha value is -4.67. The molecule has 1 aliphatic carbocycles. The van der Waals surface area contributed by atoms with Gasteiger partial charge in [0.25, 0.3) is 21.9 Å². The maximum Gasteiger partial charge on any atom is 0.309 e. The Morgan fingerprint density at radius 2 is 1.69 bits per heavy atom. The highest BCUT2D eigenvalue weighted by atomic mass is 32.2. The van der Waals surface area contributed by atoms with Gasteiger partial charge in [-0.3, -0.25) is 38.2 Å². The van der Waals surface area contributed by atoms with Crippen LogP contribution in [-0.2, 0) is 55.0 Å². The number of carbonyl (C=O) groups excluding carboxylic acids is 5. The maximum absolute atomic E-state index is 12.6. The van der Waals surface area contributed by atoms with Crippen LogP contribution in [0.25, 0.3) is 0 Å². The summed E-state index contributed by atoms with van der Waals surface area (Å²) in [5.41, 5.74) is 0.321. The van der Waals surface area contributed by atoms with Gasteiger partial charge >= 0.3 is 11.9 Å². The molecule has 21 heteroatoms. The van der Waals surface area contributed by atoms with E-state index in [1.54, 1.807) is 0 Å². The molecule has 0 saturated heterocycles. The predicted octanol–water partition coefficient (Wildman–Crippen LogP) is -3.12. The number of hydrogen-bond donors (Lipinski definition) is 7. The molecule has 3 rings (SSSR count). The Balaban J connectivity index is 1.49. The van der Waals surface area contributed by atoms with Crippen molar-refractivity contribution in [3.05, 3.63) is 35.9 Å². The van der Waals surface area contributed by atoms with E-state index in [9.17, 15) is 62.2 Å². The minimum atomic E-state index is -4.71. The average Bonchev–Trinajstić information content (AvgIpc) is 3.37. The van der Waals surface area contributed by atoms with Crippen LogP contribution in [-0.4, -0.2) is 143 Å². The second-order valence-electron chi connectivity index (χ2n) is 11.4. The van der Waals surface area contributed by atoms with Gasteiger partial charge in [-0.2, -0.15) is 8.42 Å². The van der Waals surface area contributed by atoms with E-state index in [0.717, 1.165) is 17.1 Å². The van der Waals surface area contributed by atoms with Crippen LogP contribution in [0.15, 0.2) is 30.4 Å². The second kappa shape index (κ2) is 18.5. The molecule has 0 aromatic heterocycles. The van der Waals surface area contributed by atoms with Gasteiger partial charge in [0, 0.05) is 56.6 Å². The molecule has 1 heterocycles. The molecule has 7 N–H and O–H groups in total. The van der Waals surface area contributed by atoms with Crippen molar-refractivity contribution in [3.63, 3.8) is 0 Å². The molecule has 2 aliphatic rings. The molecule has 0 radical (unpaired) electrons. The number of imide groups is 1. The Morgan fingerprint density at radius 1 is 1.00 bits per heavy atom. The van der Waals surface area contributed by atoms with Gasteiger partial charge in [-0.25, -0.2) is 0 Å². The van der Waals surface area contributed by atoms with E-state index in [4.69, 9.17) is 18.9 Å². The lowest BCUT2D eigenvalue weighted by atomic mass is 9.80. The Bertz CT molecular complexity index is 1580. The lowest BCUT2D eigenvalue weighted by molar-refractivity contribution is -0.175. The summed E-state index contributed by atoms with van der Waals surface area (Å²) in [7, 11) is -4.71. The first kappa shape index (κ1) is 40.8. The van der Waals surface area contributed by atoms with Crippen molar-refractivity contribution in [2.75, 3.05) is 38.7 Å². The maximum atomic E-state index is 12.6. The van der Waals surface area contributed by atoms with Crippen LogP contribution in [0.4, 0.5) is 0 Å². The van der Waals surface area contributed by atoms with Gasteiger partial charge in [-0.15, -0.1) is 0 Å². The van der Waals surface area contributed by atoms with E-state index in [-0.39, 0.29) is 57.4 Å². The van der Waals surface area contributed by atoms with Crippen LogP contribution in [0, 0.1) is 5.92 Å². The molecule has 1 aromatic rings. The first-order valence-electron chi connectivity index (χ1n) is 15.4. The van der Waals surface area contributed by atoms with Gasteiger partial charge in [0.05, 0.1) is 25.2 Å². The highest BCUT2D eigenvalue weighted by molar-refractivity contribution is 7.85. The van der Waals surface area contributed by atoms with E-state index in [1.807, 2.05) is 0 Å². The van der Waals surface area contributed by atoms with E-state index in [1.165, 1.54) is 25.1 Å². The minimum absolute atomic E-state index is 0.0268. The number of carbonyl (C=O) groups is 6. The highest BCUT2D eigenvalue weighted by Gasteiger charge is 2.47. The molecule has 282 valence electrons. The number of nitrogens with zero attached hydrogens (tertiary/aromatic N) is 1. The largest absolute Gasteiger partial charge is 0.491 e. The second-order valence-corrected chi connectivity index (χ2v) is 12.9. The van der Waals surface area contributed by atoms with Crippen molar-refractivity contribution < 1.29 is 81.1 Å². The van der Waals surface area contributed by atoms with Crippen molar-refractivity contribution in [1.82, 2.24) is 15.5 Å². The number of rotatable bonds is 19. The van der Waals surface area contributed by atoms with Gasteiger partial charge in [-0.05, 0) is 12.1 Å². The molecule has 1 saturated carbocycles. The summed E-state index contributed by atoms with van der Waals surface area (Å²) in [4.78, 5) is 71.8. The van der Waals surface area contributed by atoms with Crippen molar-refractivity contribution in [2.24, 2.45) is 5.92 Å². The lowest BCUT2D eigenvalue weighted by Gasteiger charge is -2.38. The Morgan fingerprint density at radius 3 is 2.31 bits per heavy atom. The number of carboxylic acid groups (broad SMARTS) is 1. The molecule has 0 bridgehead atoms. The molecular formula is C30H39N3O17S. The number of amides is 4. The van der Waals surface area contributed by atoms with Crippen LogP contribution in [0.2, 0.25) is 0 Å². The molecule has 1 fully saturated rings. The zero-order valence-corrected chi connectivity index (χ0v) is 28.0. The van der Waals surface area contributed by atoms with Crippen molar-refractivity contribution in [3.8, 4) is 11.5 Å². The monoisotopic (exact) mass is 745 g/mol. The molecule has 6 atom stereocenters. The number of ether oxygens (including phenoxy) is 4. The van der Waals surface area contributed by atoms with E-state index >= 15 is 0 Å². The summed E-state index contributed by atoms with van der Waals surface area (Å²) in [5.74, 6) is -7.39. The number of esters is 1. The van der Waals surface area contributed by atoms with E-state index in [2.05, 4.69) is 10.6 Å². The Labute approximate surface area is 291 Å². The first-order chi connectivity index (χ1) is 24.0. The molecule has 4 amide bonds. The first-order valence-corrected chi connectivity index (χ1v) is 17.0. The standard InChI is InChI=1S/C30H39N3O17S/c1-16(34)49-14-17-2-3-18(12-21(17)50-22-13-19(30(42)43)26(38)28(40)27(22)39)48-11-10-47-9-7-31-29(41)20(15-51(44,45)46)32-23(35)6-8-33-24(36)4-5-25(33)37/h2-5,12,19-20,22,26-28,38-40H,6-11,13-15H2,1H3,(H,31,41)(H,32,35)(H,42,43)(H,44,45,46)/t19-,20-,22+,26+,27-,28-/m0/s1. The third-order valence-corrected chi connectivity index (χ3v) is 8.33. The SMILES string of the molecule is CC(=O)OCc1ccc(OCCOCCNC(=O)[C@H](CS(=O)(=O)O)NC(=O)CCN2C(=O)C=CC2=O)cc1O[C@@H]1C[C@H](C(=O)O)[C@@H](O)[C@H](O)[C@H]1O. The summed E-state index contributed by atoms with van der Waals surface area (Å²) < 4.78 is 54.0. The van der Waals surface area contributed by atoms with Gasteiger partial charge in [0.2, 0.25) is 11.8 Å². The number of carboxylic acids is 1. The zero-order valence-electron chi connectivity index (χ0n) is 27.2. The van der Waals surface area contributed by atoms with Gasteiger partial charge in [-0.1, -0.05) is 0 Å². The van der Waals surface area contributed by atoms with Gasteiger partial charge in [0.1, 0.15) is 54.8 Å². The van der Waals surface area contributed by atoms with Crippen LogP contribution in [0.5, 0.6) is 11.5 Å². The fraction of sp³-hybridized carbons (Fsp3) is 0.533. The zero-order chi connectivity index (χ0) is 37.9. The molecule has 0 spiro atoms. The van der Waals surface area contributed by atoms with Crippen LogP contribution >= 0.6 is 0 Å². The van der Waals surface area contributed by atoms with Crippen molar-refractivity contribution in [2.45, 2.75) is 56.8 Å². The van der Waals surface area contributed by atoms with E-state index in [0.29, 0.717) is 5.56 Å². The molecule has 0 unspecified atom stereocenters. The van der Waals surface area contributed by atoms with Crippen molar-refractivity contribution in [1.29, 1.82) is 0 Å². The Kier molecular flexibility index (Phi) is 14.8. The third kappa shape index (κ3) is 12.6. The topological polar surface area (TPSA) is 302 Å². The number of benzene rings is 1. The average molecular weight is 746 g/mol. The summed E-state index contributed by atoms with van der Waals surface area (Å²) in [6.07, 6.45) is -5.17. The summed E-state index contributed by atoms with van der Waals surface area (Å²) in [5, 5.41) is 44.6. The van der Waals surface area contributed by atoms with Gasteiger partial charge in [0.15, 0.2) is 0 Å². The molecule has 20 nitrogen and oxygen atoms in total. The fourth-order valence-corrected chi connectivity index (χ4v) is 5.62. The fourth-order valence-electron chi connectivity index (χ4n) is 4.96. The number of hydrogen-bond acceptors (Lipinski definition) is 15. The molecule has 51 heavy (non-hydrogen) atoms. The highest BCUT2D eigenvalue weighted by Crippen LogP contribution is 2.33. The number of nitrogens with one attached hydrogen (secondary N) is 2. The minimum Gasteiger partial charge on any atom is -0.491 e. The number of aliphatic carboxylic acids is 1.